The molecule has 0 heterocycles. The van der Waals surface area contributed by atoms with Crippen LogP contribution in [0.3, 0.4) is 0 Å². The van der Waals surface area contributed by atoms with Crippen molar-refractivity contribution in [1.82, 2.24) is 0 Å². The zero-order chi connectivity index (χ0) is 15.7. The minimum Gasteiger partial charge on any atom is -0.370 e. The van der Waals surface area contributed by atoms with Crippen LogP contribution in [0.1, 0.15) is 41.3 Å². The lowest BCUT2D eigenvalue weighted by Gasteiger charge is -2.14. The predicted molar refractivity (Wildman–Crippen MR) is 76.8 cm³/mol. The minimum atomic E-state index is -3.92. The molecule has 0 atom stereocenters. The highest BCUT2D eigenvalue weighted by molar-refractivity contribution is 7.89. The smallest absolute Gasteiger partial charge is 0.280 e. The van der Waals surface area contributed by atoms with Crippen LogP contribution in [0.25, 0.3) is 0 Å². The van der Waals surface area contributed by atoms with Gasteiger partial charge in [-0.1, -0.05) is 19.9 Å². The second-order valence-electron chi connectivity index (χ2n) is 4.75. The Bertz CT molecular complexity index is 674. The Labute approximate surface area is 117 Å². The van der Waals surface area contributed by atoms with Gasteiger partial charge in [0, 0.05) is 5.56 Å². The molecule has 8 heteroatoms. The Morgan fingerprint density at radius 1 is 1.25 bits per heavy atom. The van der Waals surface area contributed by atoms with Crippen molar-refractivity contribution in [2.75, 3.05) is 0 Å². The van der Waals surface area contributed by atoms with Crippen LogP contribution >= 0.6 is 0 Å². The molecule has 110 valence electrons. The molecule has 0 aliphatic heterocycles. The van der Waals surface area contributed by atoms with Crippen LogP contribution in [-0.4, -0.2) is 20.3 Å². The number of nitrogens with two attached hydrogens (primary N) is 3. The fourth-order valence-electron chi connectivity index (χ4n) is 1.86. The molecule has 20 heavy (non-hydrogen) atoms. The van der Waals surface area contributed by atoms with Crippen LogP contribution < -0.4 is 16.6 Å². The van der Waals surface area contributed by atoms with Crippen molar-refractivity contribution in [3.05, 3.63) is 28.8 Å². The quantitative estimate of drug-likeness (QED) is 0.539. The monoisotopic (exact) mass is 298 g/mol. The molecule has 0 saturated heterocycles. The minimum absolute atomic E-state index is 0.00335. The molecule has 0 aromatic heterocycles. The Kier molecular flexibility index (Phi) is 4.51. The maximum atomic E-state index is 12.0. The SMILES string of the molecule is Cc1cc(C(C)C)c(C(=O)N=C(N)N)cc1S(N)(=O)=O. The Morgan fingerprint density at radius 3 is 2.20 bits per heavy atom. The number of benzene rings is 1. The zero-order valence-electron chi connectivity index (χ0n) is 11.5. The molecule has 0 radical (unpaired) electrons. The van der Waals surface area contributed by atoms with Gasteiger partial charge in [0.2, 0.25) is 10.0 Å². The number of rotatable bonds is 3. The lowest BCUT2D eigenvalue weighted by molar-refractivity contribution is 0.100. The van der Waals surface area contributed by atoms with E-state index in [1.807, 2.05) is 13.8 Å². The first-order valence-electron chi connectivity index (χ1n) is 5.85. The molecule has 1 rings (SSSR count). The number of guanidine groups is 1. The van der Waals surface area contributed by atoms with Crippen LogP contribution in [0.4, 0.5) is 0 Å². The molecule has 0 aliphatic rings. The average Bonchev–Trinajstić information content (AvgIpc) is 2.25. The van der Waals surface area contributed by atoms with Gasteiger partial charge in [0.05, 0.1) is 4.90 Å². The topological polar surface area (TPSA) is 142 Å². The Morgan fingerprint density at radius 2 is 1.80 bits per heavy atom. The average molecular weight is 298 g/mol. The first-order chi connectivity index (χ1) is 9.04. The number of primary sulfonamides is 1. The number of sulfonamides is 1. The molecule has 1 aromatic carbocycles. The molecule has 0 fully saturated rings. The Balaban J connectivity index is 3.63. The lowest BCUT2D eigenvalue weighted by Crippen LogP contribution is -2.24. The van der Waals surface area contributed by atoms with Gasteiger partial charge in [0.1, 0.15) is 0 Å². The molecule has 0 bridgehead atoms. The van der Waals surface area contributed by atoms with Crippen molar-refractivity contribution in [1.29, 1.82) is 0 Å². The van der Waals surface area contributed by atoms with Crippen molar-refractivity contribution in [3.63, 3.8) is 0 Å². The van der Waals surface area contributed by atoms with Gasteiger partial charge >= 0.3 is 0 Å². The third kappa shape index (κ3) is 3.55. The summed E-state index contributed by atoms with van der Waals surface area (Å²) in [5.74, 6) is -1.09. The number of carbonyl (C=O) groups excluding carboxylic acids is 1. The van der Waals surface area contributed by atoms with Gasteiger partial charge in [-0.05, 0) is 30.0 Å². The third-order valence-corrected chi connectivity index (χ3v) is 3.79. The van der Waals surface area contributed by atoms with Crippen LogP contribution in [0, 0.1) is 6.92 Å². The van der Waals surface area contributed by atoms with E-state index < -0.39 is 15.9 Å². The van der Waals surface area contributed by atoms with Gasteiger partial charge in [0.25, 0.3) is 5.91 Å². The zero-order valence-corrected chi connectivity index (χ0v) is 12.4. The molecule has 1 amide bonds. The van der Waals surface area contributed by atoms with Crippen molar-refractivity contribution in [2.45, 2.75) is 31.6 Å². The van der Waals surface area contributed by atoms with Crippen LogP contribution in [0.15, 0.2) is 22.0 Å². The largest absolute Gasteiger partial charge is 0.370 e. The molecule has 1 aromatic rings. The van der Waals surface area contributed by atoms with Gasteiger partial charge in [-0.2, -0.15) is 4.99 Å². The Hall–Kier alpha value is -1.93. The maximum absolute atomic E-state index is 12.0. The van der Waals surface area contributed by atoms with Crippen molar-refractivity contribution in [2.24, 2.45) is 21.6 Å². The van der Waals surface area contributed by atoms with E-state index in [0.29, 0.717) is 11.1 Å². The summed E-state index contributed by atoms with van der Waals surface area (Å²) in [6, 6.07) is 2.83. The number of aryl methyl sites for hydroxylation is 1. The molecule has 0 unspecified atom stereocenters. The highest BCUT2D eigenvalue weighted by Crippen LogP contribution is 2.26. The van der Waals surface area contributed by atoms with E-state index in [-0.39, 0.29) is 22.3 Å². The van der Waals surface area contributed by atoms with Crippen molar-refractivity contribution >= 4 is 21.9 Å². The van der Waals surface area contributed by atoms with Crippen molar-refractivity contribution < 1.29 is 13.2 Å². The molecule has 0 saturated carbocycles. The number of hydrogen-bond donors (Lipinski definition) is 3. The first-order valence-corrected chi connectivity index (χ1v) is 7.40. The summed E-state index contributed by atoms with van der Waals surface area (Å²) in [5.41, 5.74) is 11.6. The summed E-state index contributed by atoms with van der Waals surface area (Å²) in [4.78, 5) is 15.3. The molecular formula is C12H18N4O3S. The lowest BCUT2D eigenvalue weighted by atomic mass is 9.95. The van der Waals surface area contributed by atoms with Gasteiger partial charge < -0.3 is 11.5 Å². The highest BCUT2D eigenvalue weighted by Gasteiger charge is 2.20. The van der Waals surface area contributed by atoms with E-state index in [4.69, 9.17) is 16.6 Å². The molecule has 7 nitrogen and oxygen atoms in total. The normalized spacial score (nSPS) is 11.4. The predicted octanol–water partition coefficient (Wildman–Crippen LogP) is 0.179. The molecule has 0 spiro atoms. The van der Waals surface area contributed by atoms with E-state index in [1.165, 1.54) is 6.07 Å². The molecule has 6 N–H and O–H groups in total. The summed E-state index contributed by atoms with van der Waals surface area (Å²) in [6.45, 7) is 5.36. The van der Waals surface area contributed by atoms with E-state index in [1.54, 1.807) is 13.0 Å². The summed E-state index contributed by atoms with van der Waals surface area (Å²) >= 11 is 0. The number of aliphatic imine (C=N–C) groups is 1. The fourth-order valence-corrected chi connectivity index (χ4v) is 2.65. The first kappa shape index (κ1) is 16.1. The van der Waals surface area contributed by atoms with E-state index in [2.05, 4.69) is 4.99 Å². The molecule has 0 aliphatic carbocycles. The van der Waals surface area contributed by atoms with Crippen molar-refractivity contribution in [3.8, 4) is 0 Å². The van der Waals surface area contributed by atoms with Crippen LogP contribution in [0.2, 0.25) is 0 Å². The van der Waals surface area contributed by atoms with E-state index in [0.717, 1.165) is 0 Å². The second kappa shape index (κ2) is 5.59. The number of carbonyl (C=O) groups is 1. The standard InChI is InChI=1S/C12H18N4O3S/c1-6(2)8-4-7(3)10(20(15,18)19)5-9(8)11(17)16-12(13)14/h4-6H,1-3H3,(H2,15,18,19)(H4,13,14,16,17). The highest BCUT2D eigenvalue weighted by atomic mass is 32.2. The van der Waals surface area contributed by atoms with E-state index in [9.17, 15) is 13.2 Å². The fraction of sp³-hybridized carbons (Fsp3) is 0.333. The second-order valence-corrected chi connectivity index (χ2v) is 6.28. The number of hydrogen-bond acceptors (Lipinski definition) is 3. The van der Waals surface area contributed by atoms with E-state index >= 15 is 0 Å². The summed E-state index contributed by atoms with van der Waals surface area (Å²) < 4.78 is 23.0. The van der Waals surface area contributed by atoms with Gasteiger partial charge in [-0.3, -0.25) is 4.79 Å². The summed E-state index contributed by atoms with van der Waals surface area (Å²) in [5, 5.41) is 5.13. The van der Waals surface area contributed by atoms with Crippen LogP contribution in [0.5, 0.6) is 0 Å². The van der Waals surface area contributed by atoms with Gasteiger partial charge in [-0.25, -0.2) is 13.6 Å². The number of nitrogens with zero attached hydrogens (tertiary/aromatic N) is 1. The van der Waals surface area contributed by atoms with Gasteiger partial charge in [-0.15, -0.1) is 0 Å². The summed E-state index contributed by atoms with van der Waals surface area (Å²) in [7, 11) is -3.92. The van der Waals surface area contributed by atoms with Crippen LogP contribution in [-0.2, 0) is 10.0 Å². The number of amides is 1. The third-order valence-electron chi connectivity index (χ3n) is 2.74. The van der Waals surface area contributed by atoms with Gasteiger partial charge in [0.15, 0.2) is 5.96 Å². The maximum Gasteiger partial charge on any atom is 0.280 e. The molecular weight excluding hydrogens is 280 g/mol. The summed E-state index contributed by atoms with van der Waals surface area (Å²) in [6.07, 6.45) is 0.